The predicted molar refractivity (Wildman–Crippen MR) is 152 cm³/mol. The summed E-state index contributed by atoms with van der Waals surface area (Å²) < 4.78 is 0.0844. The minimum Gasteiger partial charge on any atom is -0.0708 e. The van der Waals surface area contributed by atoms with E-state index in [1.807, 2.05) is 0 Å². The van der Waals surface area contributed by atoms with E-state index in [1.165, 1.54) is 52.3 Å². The Morgan fingerprint density at radius 2 is 1.58 bits per heavy atom. The Labute approximate surface area is 213 Å². The number of rotatable bonds is 4. The summed E-state index contributed by atoms with van der Waals surface area (Å²) in [6, 6.07) is 30.3. The number of hydrogen-bond donors (Lipinski definition) is 0. The van der Waals surface area contributed by atoms with Gasteiger partial charge in [0.05, 0.1) is 3.42 Å². The number of benzene rings is 4. The highest BCUT2D eigenvalue weighted by molar-refractivity contribution is 14.1. The van der Waals surface area contributed by atoms with E-state index in [9.17, 15) is 0 Å². The number of hydrogen-bond acceptors (Lipinski definition) is 0. The van der Waals surface area contributed by atoms with Crippen molar-refractivity contribution in [1.82, 2.24) is 0 Å². The van der Waals surface area contributed by atoms with Crippen LogP contribution < -0.4 is 0 Å². The van der Waals surface area contributed by atoms with Crippen LogP contribution in [-0.2, 0) is 3.42 Å². The van der Waals surface area contributed by atoms with Gasteiger partial charge in [-0.25, -0.2) is 0 Å². The second-order valence-corrected chi connectivity index (χ2v) is 14.8. The standard InChI is InChI=1S/C31H30ISi/c1-4-16-31(32)28-15-8-7-13-23(28)26-17-27-24(18-29(26)31)25(19-30(27)33(2)3)22-14-9-11-20-10-5-6-12-21(20)22/h5-15,17-18,25,30H,4,16,19H2,1-3H3. The van der Waals surface area contributed by atoms with Crippen molar-refractivity contribution < 1.29 is 0 Å². The summed E-state index contributed by atoms with van der Waals surface area (Å²) in [5, 5.41) is 2.79. The lowest BCUT2D eigenvalue weighted by molar-refractivity contribution is 0.685. The SMILES string of the molecule is CCCC1(I)c2ccccc2-c2cc3c(cc21)C(c1cccc2ccccc12)CC3[Si](C)C. The molecule has 0 saturated carbocycles. The quantitative estimate of drug-likeness (QED) is 0.133. The van der Waals surface area contributed by atoms with Crippen LogP contribution >= 0.6 is 22.6 Å². The molecule has 3 atom stereocenters. The molecule has 33 heavy (non-hydrogen) atoms. The van der Waals surface area contributed by atoms with Crippen molar-refractivity contribution in [3.05, 3.63) is 107 Å². The Kier molecular flexibility index (Phi) is 5.30. The van der Waals surface area contributed by atoms with Gasteiger partial charge in [-0.2, -0.15) is 0 Å². The van der Waals surface area contributed by atoms with Crippen LogP contribution in [0, 0.1) is 0 Å². The Morgan fingerprint density at radius 3 is 2.39 bits per heavy atom. The summed E-state index contributed by atoms with van der Waals surface area (Å²) in [6.45, 7) is 7.34. The topological polar surface area (TPSA) is 0 Å². The number of fused-ring (bicyclic) bond motifs is 5. The fraction of sp³-hybridized carbons (Fsp3) is 0.290. The summed E-state index contributed by atoms with van der Waals surface area (Å²) in [5.74, 6) is 0.493. The largest absolute Gasteiger partial charge is 0.0730 e. The highest BCUT2D eigenvalue weighted by Gasteiger charge is 2.43. The number of alkyl halides is 1. The summed E-state index contributed by atoms with van der Waals surface area (Å²) in [6.07, 6.45) is 3.65. The van der Waals surface area contributed by atoms with E-state index >= 15 is 0 Å². The summed E-state index contributed by atoms with van der Waals surface area (Å²) in [5.41, 5.74) is 11.5. The van der Waals surface area contributed by atoms with Crippen molar-refractivity contribution in [2.45, 2.75) is 54.2 Å². The average Bonchev–Trinajstić information content (AvgIpc) is 3.32. The first kappa shape index (κ1) is 21.6. The van der Waals surface area contributed by atoms with Gasteiger partial charge in [-0.3, -0.25) is 0 Å². The predicted octanol–water partition coefficient (Wildman–Crippen LogP) is 9.21. The zero-order valence-corrected chi connectivity index (χ0v) is 22.8. The lowest BCUT2D eigenvalue weighted by Gasteiger charge is -2.26. The lowest BCUT2D eigenvalue weighted by Crippen LogP contribution is -2.16. The van der Waals surface area contributed by atoms with Crippen molar-refractivity contribution in [3.8, 4) is 11.1 Å². The van der Waals surface area contributed by atoms with E-state index in [-0.39, 0.29) is 3.42 Å². The van der Waals surface area contributed by atoms with Gasteiger partial charge < -0.3 is 0 Å². The zero-order valence-electron chi connectivity index (χ0n) is 19.7. The van der Waals surface area contributed by atoms with Crippen molar-refractivity contribution in [3.63, 3.8) is 0 Å². The maximum Gasteiger partial charge on any atom is 0.0730 e. The highest BCUT2D eigenvalue weighted by Crippen LogP contribution is 2.59. The molecule has 2 heteroatoms. The number of halogens is 1. The molecule has 0 amide bonds. The normalized spacial score (nSPS) is 23.1. The Hall–Kier alpha value is -1.91. The van der Waals surface area contributed by atoms with Gasteiger partial charge in [-0.15, -0.1) is 0 Å². The molecule has 3 unspecified atom stereocenters. The molecule has 4 aromatic carbocycles. The maximum absolute atomic E-state index is 2.77. The van der Waals surface area contributed by atoms with Gasteiger partial charge in [0.1, 0.15) is 0 Å². The first-order valence-electron chi connectivity index (χ1n) is 12.3. The van der Waals surface area contributed by atoms with Crippen molar-refractivity contribution >= 4 is 42.2 Å². The molecular weight excluding hydrogens is 527 g/mol. The van der Waals surface area contributed by atoms with Crippen LogP contribution in [0.25, 0.3) is 21.9 Å². The van der Waals surface area contributed by atoms with Crippen LogP contribution in [0.5, 0.6) is 0 Å². The van der Waals surface area contributed by atoms with Crippen molar-refractivity contribution in [1.29, 1.82) is 0 Å². The third-order valence-corrected chi connectivity index (χ3v) is 11.6. The van der Waals surface area contributed by atoms with Crippen LogP contribution in [0.3, 0.4) is 0 Å². The lowest BCUT2D eigenvalue weighted by atomic mass is 9.86. The smallest absolute Gasteiger partial charge is 0.0708 e. The van der Waals surface area contributed by atoms with E-state index in [1.54, 1.807) is 16.7 Å². The monoisotopic (exact) mass is 557 g/mol. The van der Waals surface area contributed by atoms with Gasteiger partial charge in [0.25, 0.3) is 0 Å². The molecule has 2 aliphatic rings. The van der Waals surface area contributed by atoms with E-state index in [4.69, 9.17) is 0 Å². The van der Waals surface area contributed by atoms with E-state index < -0.39 is 8.80 Å². The van der Waals surface area contributed by atoms with E-state index in [0.29, 0.717) is 11.5 Å². The molecule has 6 rings (SSSR count). The molecule has 0 fully saturated rings. The molecule has 0 spiro atoms. The second-order valence-electron chi connectivity index (χ2n) is 10.1. The van der Waals surface area contributed by atoms with Gasteiger partial charge in [-0.05, 0) is 68.1 Å². The summed E-state index contributed by atoms with van der Waals surface area (Å²) >= 11 is 2.77. The van der Waals surface area contributed by atoms with Crippen LogP contribution in [0.4, 0.5) is 0 Å². The molecule has 0 saturated heterocycles. The summed E-state index contributed by atoms with van der Waals surface area (Å²) in [4.78, 5) is 0. The first-order valence-corrected chi connectivity index (χ1v) is 15.9. The molecule has 0 aliphatic heterocycles. The van der Waals surface area contributed by atoms with Crippen LogP contribution in [-0.4, -0.2) is 8.80 Å². The molecular formula is C31H30ISi. The fourth-order valence-electron chi connectivity index (χ4n) is 6.50. The van der Waals surface area contributed by atoms with Gasteiger partial charge in [0.2, 0.25) is 0 Å². The molecule has 0 bridgehead atoms. The van der Waals surface area contributed by atoms with Gasteiger partial charge in [0.15, 0.2) is 0 Å². The Morgan fingerprint density at radius 1 is 0.818 bits per heavy atom. The molecule has 0 aromatic heterocycles. The molecule has 0 N–H and O–H groups in total. The Bertz CT molecular complexity index is 1370. The van der Waals surface area contributed by atoms with Crippen molar-refractivity contribution in [2.24, 2.45) is 0 Å². The molecule has 2 aliphatic carbocycles. The molecule has 4 aromatic rings. The minimum absolute atomic E-state index is 0.0844. The molecule has 0 nitrogen and oxygen atoms in total. The second kappa shape index (κ2) is 8.09. The van der Waals surface area contributed by atoms with Crippen LogP contribution in [0.15, 0.2) is 78.9 Å². The summed E-state index contributed by atoms with van der Waals surface area (Å²) in [7, 11) is -0.450. The van der Waals surface area contributed by atoms with E-state index in [2.05, 4.69) is 121 Å². The van der Waals surface area contributed by atoms with Crippen molar-refractivity contribution in [2.75, 3.05) is 0 Å². The fourth-order valence-corrected chi connectivity index (χ4v) is 9.53. The van der Waals surface area contributed by atoms with E-state index in [0.717, 1.165) is 0 Å². The minimum atomic E-state index is -0.450. The highest BCUT2D eigenvalue weighted by atomic mass is 127. The Balaban J connectivity index is 1.60. The van der Waals surface area contributed by atoms with Gasteiger partial charge in [-0.1, -0.05) is 128 Å². The molecule has 0 heterocycles. The molecule has 165 valence electrons. The van der Waals surface area contributed by atoms with Gasteiger partial charge >= 0.3 is 0 Å². The third-order valence-electron chi connectivity index (χ3n) is 8.01. The maximum atomic E-state index is 2.77. The third kappa shape index (κ3) is 3.20. The average molecular weight is 558 g/mol. The molecule has 1 radical (unpaired) electrons. The first-order chi connectivity index (χ1) is 16.0. The van der Waals surface area contributed by atoms with Crippen LogP contribution in [0.2, 0.25) is 13.1 Å². The zero-order chi connectivity index (χ0) is 22.7. The van der Waals surface area contributed by atoms with Crippen LogP contribution in [0.1, 0.15) is 65.5 Å². The van der Waals surface area contributed by atoms with Gasteiger partial charge in [0, 0.05) is 14.7 Å².